The molecule has 2 rings (SSSR count). The number of hydrogen-bond donors (Lipinski definition) is 3. The highest BCUT2D eigenvalue weighted by molar-refractivity contribution is 6.02. The molecular weight excluding hydrogens is 261 g/mol. The Morgan fingerprint density at radius 1 is 1.45 bits per heavy atom. The molecule has 0 aromatic heterocycles. The van der Waals surface area contributed by atoms with Gasteiger partial charge in [0.2, 0.25) is 0 Å². The van der Waals surface area contributed by atoms with Gasteiger partial charge in [0.05, 0.1) is 0 Å². The fraction of sp³-hybridized carbons (Fsp3) is 0.500. The lowest BCUT2D eigenvalue weighted by Crippen LogP contribution is -2.42. The molecule has 0 radical (unpaired) electrons. The minimum atomic E-state index is -0.425. The molecule has 0 bridgehead atoms. The zero-order valence-electron chi connectivity index (χ0n) is 11.3. The first-order valence-corrected chi connectivity index (χ1v) is 6.82. The van der Waals surface area contributed by atoms with Crippen molar-refractivity contribution in [3.8, 4) is 0 Å². The summed E-state index contributed by atoms with van der Waals surface area (Å²) in [6.45, 7) is 0.766. The molecule has 1 fully saturated rings. The number of aliphatic hydroxyl groups excluding tert-OH is 1. The molecule has 0 heterocycles. The zero-order valence-corrected chi connectivity index (χ0v) is 11.3. The van der Waals surface area contributed by atoms with Crippen molar-refractivity contribution in [1.29, 1.82) is 0 Å². The van der Waals surface area contributed by atoms with E-state index in [0.717, 1.165) is 18.5 Å². The molecule has 0 aliphatic heterocycles. The van der Waals surface area contributed by atoms with Gasteiger partial charge in [0.15, 0.2) is 5.84 Å². The summed E-state index contributed by atoms with van der Waals surface area (Å²) in [6, 6.07) is 4.67. The predicted molar refractivity (Wildman–Crippen MR) is 75.6 cm³/mol. The highest BCUT2D eigenvalue weighted by atomic mass is 19.1. The van der Waals surface area contributed by atoms with Crippen LogP contribution in [0.25, 0.3) is 0 Å². The number of oxime groups is 1. The lowest BCUT2D eigenvalue weighted by Gasteiger charge is -2.40. The van der Waals surface area contributed by atoms with E-state index >= 15 is 0 Å². The number of nitrogens with zero attached hydrogens (tertiary/aromatic N) is 2. The average Bonchev–Trinajstić information content (AvgIpc) is 2.40. The molecule has 1 aliphatic rings. The van der Waals surface area contributed by atoms with E-state index in [1.165, 1.54) is 18.6 Å². The molecule has 6 heteroatoms. The molecule has 0 amide bonds. The summed E-state index contributed by atoms with van der Waals surface area (Å²) in [4.78, 5) is 2.12. The molecule has 1 aromatic carbocycles. The van der Waals surface area contributed by atoms with Gasteiger partial charge in [0.1, 0.15) is 5.82 Å². The number of benzene rings is 1. The summed E-state index contributed by atoms with van der Waals surface area (Å²) < 4.78 is 13.4. The summed E-state index contributed by atoms with van der Waals surface area (Å²) in [5, 5.41) is 20.9. The van der Waals surface area contributed by atoms with Crippen LogP contribution in [-0.2, 0) is 0 Å². The van der Waals surface area contributed by atoms with Gasteiger partial charge >= 0.3 is 0 Å². The number of anilines is 1. The van der Waals surface area contributed by atoms with Gasteiger partial charge in [-0.2, -0.15) is 0 Å². The van der Waals surface area contributed by atoms with Crippen LogP contribution in [0.5, 0.6) is 0 Å². The van der Waals surface area contributed by atoms with Crippen LogP contribution in [-0.4, -0.2) is 35.3 Å². The summed E-state index contributed by atoms with van der Waals surface area (Å²) in [6.07, 6.45) is 3.93. The second kappa shape index (κ2) is 6.56. The van der Waals surface area contributed by atoms with Crippen molar-refractivity contribution in [1.82, 2.24) is 0 Å². The molecule has 0 unspecified atom stereocenters. The van der Waals surface area contributed by atoms with E-state index < -0.39 is 5.82 Å². The molecule has 110 valence electrons. The highest BCUT2D eigenvalue weighted by Crippen LogP contribution is 2.32. The van der Waals surface area contributed by atoms with Crippen molar-refractivity contribution >= 4 is 11.5 Å². The van der Waals surface area contributed by atoms with Crippen LogP contribution in [0, 0.1) is 5.82 Å². The number of nitrogens with two attached hydrogens (primary N) is 1. The third-order valence-electron chi connectivity index (χ3n) is 3.72. The van der Waals surface area contributed by atoms with E-state index in [1.54, 1.807) is 6.07 Å². The standard InChI is InChI=1S/C14H20FN3O2/c15-10-5-6-13(12(9-10)14(16)17-20)18(7-2-8-19)11-3-1-4-11/h5-6,9,11,19-20H,1-4,7-8H2,(H2,16,17). The number of amidine groups is 1. The minimum absolute atomic E-state index is 0.101. The van der Waals surface area contributed by atoms with Gasteiger partial charge in [-0.1, -0.05) is 5.16 Å². The quantitative estimate of drug-likeness (QED) is 0.320. The van der Waals surface area contributed by atoms with E-state index in [2.05, 4.69) is 10.1 Å². The van der Waals surface area contributed by atoms with Crippen LogP contribution in [0.1, 0.15) is 31.2 Å². The Hall–Kier alpha value is -1.82. The lowest BCUT2D eigenvalue weighted by molar-refractivity contribution is 0.283. The molecule has 0 atom stereocenters. The molecule has 1 aromatic rings. The van der Waals surface area contributed by atoms with Crippen LogP contribution < -0.4 is 10.6 Å². The Morgan fingerprint density at radius 3 is 2.75 bits per heavy atom. The van der Waals surface area contributed by atoms with Crippen molar-refractivity contribution in [2.24, 2.45) is 10.9 Å². The molecule has 5 nitrogen and oxygen atoms in total. The Bertz CT molecular complexity index is 489. The monoisotopic (exact) mass is 281 g/mol. The van der Waals surface area contributed by atoms with Gasteiger partial charge in [0.25, 0.3) is 0 Å². The third-order valence-corrected chi connectivity index (χ3v) is 3.72. The number of rotatable bonds is 6. The molecule has 0 spiro atoms. The average molecular weight is 281 g/mol. The van der Waals surface area contributed by atoms with Crippen molar-refractivity contribution in [2.45, 2.75) is 31.7 Å². The van der Waals surface area contributed by atoms with E-state index in [4.69, 9.17) is 16.0 Å². The number of aliphatic hydroxyl groups is 1. The maximum Gasteiger partial charge on any atom is 0.172 e. The first-order chi connectivity index (χ1) is 9.67. The van der Waals surface area contributed by atoms with Crippen molar-refractivity contribution in [3.05, 3.63) is 29.6 Å². The smallest absolute Gasteiger partial charge is 0.172 e. The molecule has 1 aliphatic carbocycles. The van der Waals surface area contributed by atoms with E-state index in [9.17, 15) is 4.39 Å². The van der Waals surface area contributed by atoms with Gasteiger partial charge in [-0.25, -0.2) is 4.39 Å². The van der Waals surface area contributed by atoms with E-state index in [0.29, 0.717) is 24.6 Å². The van der Waals surface area contributed by atoms with Crippen molar-refractivity contribution < 1.29 is 14.7 Å². The first kappa shape index (κ1) is 14.6. The molecule has 0 saturated heterocycles. The van der Waals surface area contributed by atoms with Crippen molar-refractivity contribution in [3.63, 3.8) is 0 Å². The maximum atomic E-state index is 13.4. The summed E-state index contributed by atoms with van der Waals surface area (Å²) in [7, 11) is 0. The lowest BCUT2D eigenvalue weighted by atomic mass is 9.90. The first-order valence-electron chi connectivity index (χ1n) is 6.82. The summed E-state index contributed by atoms with van der Waals surface area (Å²) in [5.74, 6) is -0.529. The predicted octanol–water partition coefficient (Wildman–Crippen LogP) is 1.66. The Balaban J connectivity index is 2.35. The van der Waals surface area contributed by atoms with Crippen LogP contribution in [0.15, 0.2) is 23.4 Å². The molecule has 1 saturated carbocycles. The third kappa shape index (κ3) is 3.01. The molecular formula is C14H20FN3O2. The molecule has 4 N–H and O–H groups in total. The second-order valence-corrected chi connectivity index (χ2v) is 5.00. The minimum Gasteiger partial charge on any atom is -0.409 e. The highest BCUT2D eigenvalue weighted by Gasteiger charge is 2.27. The number of halogens is 1. The fourth-order valence-corrected chi connectivity index (χ4v) is 2.46. The van der Waals surface area contributed by atoms with Gasteiger partial charge in [0, 0.05) is 30.4 Å². The van der Waals surface area contributed by atoms with Gasteiger partial charge in [-0.3, -0.25) is 0 Å². The fourth-order valence-electron chi connectivity index (χ4n) is 2.46. The van der Waals surface area contributed by atoms with Crippen molar-refractivity contribution in [2.75, 3.05) is 18.1 Å². The SMILES string of the molecule is N/C(=N/O)c1cc(F)ccc1N(CCCO)C1CCC1. The van der Waals surface area contributed by atoms with Gasteiger partial charge < -0.3 is 20.9 Å². The van der Waals surface area contributed by atoms with Crippen LogP contribution in [0.4, 0.5) is 10.1 Å². The van der Waals surface area contributed by atoms with E-state index in [-0.39, 0.29) is 12.4 Å². The van der Waals surface area contributed by atoms with Crippen LogP contribution in [0.3, 0.4) is 0 Å². The Kier molecular flexibility index (Phi) is 4.79. The van der Waals surface area contributed by atoms with Crippen LogP contribution in [0.2, 0.25) is 0 Å². The van der Waals surface area contributed by atoms with E-state index in [1.807, 2.05) is 0 Å². The topological polar surface area (TPSA) is 82.1 Å². The summed E-state index contributed by atoms with van der Waals surface area (Å²) >= 11 is 0. The Morgan fingerprint density at radius 2 is 2.20 bits per heavy atom. The molecule has 20 heavy (non-hydrogen) atoms. The Labute approximate surface area is 117 Å². The van der Waals surface area contributed by atoms with Gasteiger partial charge in [-0.05, 0) is 43.9 Å². The normalized spacial score (nSPS) is 16.0. The zero-order chi connectivity index (χ0) is 14.5. The number of hydrogen-bond acceptors (Lipinski definition) is 4. The van der Waals surface area contributed by atoms with Gasteiger partial charge in [-0.15, -0.1) is 0 Å². The largest absolute Gasteiger partial charge is 0.409 e. The summed E-state index contributed by atoms with van der Waals surface area (Å²) in [5.41, 5.74) is 6.78. The second-order valence-electron chi connectivity index (χ2n) is 5.00. The maximum absolute atomic E-state index is 13.4. The van der Waals surface area contributed by atoms with Crippen LogP contribution >= 0.6 is 0 Å².